The molecule has 1 atom stereocenters. The number of thioether (sulfide) groups is 1. The number of aryl methyl sites for hydroxylation is 1. The maximum Gasteiger partial charge on any atom is 0.260 e. The van der Waals surface area contributed by atoms with Gasteiger partial charge in [-0.15, -0.1) is 11.3 Å². The van der Waals surface area contributed by atoms with Gasteiger partial charge in [0.15, 0.2) is 16.7 Å². The van der Waals surface area contributed by atoms with Gasteiger partial charge < -0.3 is 19.8 Å². The van der Waals surface area contributed by atoms with Crippen LogP contribution in [0.1, 0.15) is 29.3 Å². The molecule has 0 fully saturated rings. The molecule has 5 rings (SSSR count). The van der Waals surface area contributed by atoms with Gasteiger partial charge >= 0.3 is 0 Å². The summed E-state index contributed by atoms with van der Waals surface area (Å²) in [7, 11) is 0. The standard InChI is InChI=1S/C21H21N3O4S2/c1-11-2-4-13-16(6-11)30-20-18(13)19(26)23-21(24-20)29-9-17(25)22-8-12-3-5-14-15(7-12)28-10-27-14/h3,5,7,11H,2,4,6,8-10H2,1H3,(H,22,25)(H,23,24,26)/t11-/m1/s1. The number of benzene rings is 1. The van der Waals surface area contributed by atoms with Gasteiger partial charge in [0.2, 0.25) is 12.7 Å². The van der Waals surface area contributed by atoms with Gasteiger partial charge in [-0.25, -0.2) is 4.98 Å². The first-order chi connectivity index (χ1) is 14.6. The molecule has 0 bridgehead atoms. The van der Waals surface area contributed by atoms with Crippen LogP contribution in [0.25, 0.3) is 10.2 Å². The summed E-state index contributed by atoms with van der Waals surface area (Å²) in [5, 5.41) is 4.10. The van der Waals surface area contributed by atoms with Gasteiger partial charge in [-0.2, -0.15) is 0 Å². The summed E-state index contributed by atoms with van der Waals surface area (Å²) in [5.41, 5.74) is 2.00. The lowest BCUT2D eigenvalue weighted by Gasteiger charge is -2.17. The van der Waals surface area contributed by atoms with Crippen LogP contribution in [-0.2, 0) is 24.2 Å². The van der Waals surface area contributed by atoms with E-state index in [-0.39, 0.29) is 24.0 Å². The number of nitrogens with one attached hydrogen (secondary N) is 2. The molecule has 1 aliphatic heterocycles. The maximum absolute atomic E-state index is 12.6. The molecule has 2 aliphatic rings. The van der Waals surface area contributed by atoms with Crippen molar-refractivity contribution in [3.8, 4) is 11.5 Å². The molecule has 7 nitrogen and oxygen atoms in total. The normalized spacial score (nSPS) is 17.2. The molecule has 0 radical (unpaired) electrons. The van der Waals surface area contributed by atoms with Crippen molar-refractivity contribution in [1.29, 1.82) is 0 Å². The predicted molar refractivity (Wildman–Crippen MR) is 117 cm³/mol. The number of ether oxygens (including phenoxy) is 2. The molecule has 3 heterocycles. The molecular formula is C21H21N3O4S2. The van der Waals surface area contributed by atoms with E-state index in [2.05, 4.69) is 22.2 Å². The van der Waals surface area contributed by atoms with E-state index in [1.165, 1.54) is 22.2 Å². The summed E-state index contributed by atoms with van der Waals surface area (Å²) in [6.45, 7) is 2.87. The van der Waals surface area contributed by atoms with Crippen LogP contribution in [0.15, 0.2) is 28.2 Å². The molecule has 30 heavy (non-hydrogen) atoms. The molecule has 9 heteroatoms. The van der Waals surface area contributed by atoms with Crippen molar-refractivity contribution in [1.82, 2.24) is 15.3 Å². The zero-order valence-corrected chi connectivity index (χ0v) is 18.1. The number of thiophene rings is 1. The lowest BCUT2D eigenvalue weighted by molar-refractivity contribution is -0.118. The molecule has 1 aromatic carbocycles. The zero-order chi connectivity index (χ0) is 20.7. The molecule has 3 aromatic rings. The number of aromatic amines is 1. The smallest absolute Gasteiger partial charge is 0.260 e. The number of rotatable bonds is 5. The lowest BCUT2D eigenvalue weighted by atomic mass is 9.89. The minimum Gasteiger partial charge on any atom is -0.454 e. The fraction of sp³-hybridized carbons (Fsp3) is 0.381. The Labute approximate surface area is 181 Å². The van der Waals surface area contributed by atoms with Crippen LogP contribution in [-0.4, -0.2) is 28.4 Å². The van der Waals surface area contributed by atoms with Gasteiger partial charge in [-0.1, -0.05) is 24.8 Å². The van der Waals surface area contributed by atoms with Crippen LogP contribution in [0.2, 0.25) is 0 Å². The molecule has 0 spiro atoms. The van der Waals surface area contributed by atoms with E-state index >= 15 is 0 Å². The van der Waals surface area contributed by atoms with Gasteiger partial charge in [0, 0.05) is 11.4 Å². The first-order valence-electron chi connectivity index (χ1n) is 9.89. The fourth-order valence-electron chi connectivity index (χ4n) is 3.83. The minimum atomic E-state index is -0.125. The number of hydrogen-bond donors (Lipinski definition) is 2. The van der Waals surface area contributed by atoms with Crippen molar-refractivity contribution in [3.63, 3.8) is 0 Å². The molecule has 156 valence electrons. The summed E-state index contributed by atoms with van der Waals surface area (Å²) in [4.78, 5) is 34.4. The second kappa shape index (κ2) is 7.96. The van der Waals surface area contributed by atoms with Crippen molar-refractivity contribution in [2.75, 3.05) is 12.5 Å². The molecule has 0 saturated heterocycles. The molecule has 1 amide bonds. The monoisotopic (exact) mass is 443 g/mol. The summed E-state index contributed by atoms with van der Waals surface area (Å²) < 4.78 is 10.6. The predicted octanol–water partition coefficient (Wildman–Crippen LogP) is 3.25. The van der Waals surface area contributed by atoms with Gasteiger partial charge in [0.1, 0.15) is 4.83 Å². The summed E-state index contributed by atoms with van der Waals surface area (Å²) in [6, 6.07) is 5.60. The lowest BCUT2D eigenvalue weighted by Crippen LogP contribution is -2.24. The maximum atomic E-state index is 12.6. The highest BCUT2D eigenvalue weighted by Gasteiger charge is 2.23. The van der Waals surface area contributed by atoms with E-state index in [1.54, 1.807) is 11.3 Å². The van der Waals surface area contributed by atoms with Gasteiger partial charge in [0.25, 0.3) is 5.56 Å². The average Bonchev–Trinajstić information content (AvgIpc) is 3.33. The third kappa shape index (κ3) is 3.79. The number of carbonyl (C=O) groups is 1. The highest BCUT2D eigenvalue weighted by atomic mass is 32.2. The van der Waals surface area contributed by atoms with Crippen LogP contribution < -0.4 is 20.3 Å². The van der Waals surface area contributed by atoms with E-state index in [0.717, 1.165) is 40.8 Å². The van der Waals surface area contributed by atoms with E-state index in [1.807, 2.05) is 18.2 Å². The quantitative estimate of drug-likeness (QED) is 0.465. The Morgan fingerprint density at radius 2 is 2.23 bits per heavy atom. The Hall–Kier alpha value is -2.52. The highest BCUT2D eigenvalue weighted by molar-refractivity contribution is 7.99. The van der Waals surface area contributed by atoms with Gasteiger partial charge in [0.05, 0.1) is 11.1 Å². The van der Waals surface area contributed by atoms with Crippen LogP contribution >= 0.6 is 23.1 Å². The SMILES string of the molecule is C[C@@H]1CCc2c(sc3nc(SCC(=O)NCc4ccc5c(c4)OCO5)[nH]c(=O)c23)C1. The zero-order valence-electron chi connectivity index (χ0n) is 16.4. The summed E-state index contributed by atoms with van der Waals surface area (Å²) >= 11 is 2.86. The molecule has 0 saturated carbocycles. The van der Waals surface area contributed by atoms with Crippen LogP contribution in [0.5, 0.6) is 11.5 Å². The Morgan fingerprint density at radius 1 is 1.37 bits per heavy atom. The van der Waals surface area contributed by atoms with Crippen LogP contribution in [0, 0.1) is 5.92 Å². The number of aromatic nitrogens is 2. The van der Waals surface area contributed by atoms with E-state index in [9.17, 15) is 9.59 Å². The molecule has 2 aromatic heterocycles. The van der Waals surface area contributed by atoms with Crippen molar-refractivity contribution in [2.24, 2.45) is 5.92 Å². The number of amides is 1. The molecular weight excluding hydrogens is 422 g/mol. The summed E-state index contributed by atoms with van der Waals surface area (Å²) in [5.74, 6) is 2.11. The Morgan fingerprint density at radius 3 is 3.13 bits per heavy atom. The molecule has 1 aliphatic carbocycles. The third-order valence-corrected chi connectivity index (χ3v) is 7.43. The topological polar surface area (TPSA) is 93.3 Å². The molecule has 0 unspecified atom stereocenters. The van der Waals surface area contributed by atoms with E-state index in [0.29, 0.717) is 23.4 Å². The van der Waals surface area contributed by atoms with Crippen LogP contribution in [0.3, 0.4) is 0 Å². The second-order valence-corrected chi connectivity index (χ2v) is 9.70. The minimum absolute atomic E-state index is 0.102. The Balaban J connectivity index is 1.22. The van der Waals surface area contributed by atoms with Crippen LogP contribution in [0.4, 0.5) is 0 Å². The number of carbonyl (C=O) groups excluding carboxylic acids is 1. The average molecular weight is 444 g/mol. The van der Waals surface area contributed by atoms with Crippen molar-refractivity contribution < 1.29 is 14.3 Å². The number of fused-ring (bicyclic) bond motifs is 4. The number of H-pyrrole nitrogens is 1. The Bertz CT molecular complexity index is 1190. The second-order valence-electron chi connectivity index (χ2n) is 7.66. The van der Waals surface area contributed by atoms with E-state index in [4.69, 9.17) is 9.47 Å². The first-order valence-corrected chi connectivity index (χ1v) is 11.7. The van der Waals surface area contributed by atoms with Gasteiger partial charge in [-0.3, -0.25) is 9.59 Å². The van der Waals surface area contributed by atoms with E-state index < -0.39 is 0 Å². The fourth-order valence-corrected chi connectivity index (χ4v) is 5.97. The van der Waals surface area contributed by atoms with Crippen molar-refractivity contribution in [2.45, 2.75) is 37.9 Å². The molecule has 2 N–H and O–H groups in total. The number of hydrogen-bond acceptors (Lipinski definition) is 7. The van der Waals surface area contributed by atoms with Gasteiger partial charge in [-0.05, 0) is 48.4 Å². The third-order valence-electron chi connectivity index (χ3n) is 5.41. The largest absolute Gasteiger partial charge is 0.454 e. The Kier molecular flexibility index (Phi) is 5.16. The highest BCUT2D eigenvalue weighted by Crippen LogP contribution is 2.36. The van der Waals surface area contributed by atoms with Crippen molar-refractivity contribution >= 4 is 39.2 Å². The first kappa shape index (κ1) is 19.4. The van der Waals surface area contributed by atoms with Crippen molar-refractivity contribution in [3.05, 3.63) is 44.6 Å². The summed E-state index contributed by atoms with van der Waals surface area (Å²) in [6.07, 6.45) is 3.06. The number of nitrogens with zero attached hydrogens (tertiary/aromatic N) is 1.